The molecule has 27 heavy (non-hydrogen) atoms. The van der Waals surface area contributed by atoms with Gasteiger partial charge in [0.1, 0.15) is 17.2 Å². The third-order valence-electron chi connectivity index (χ3n) is 3.87. The Hall–Kier alpha value is -2.67. The van der Waals surface area contributed by atoms with Crippen molar-refractivity contribution in [1.29, 1.82) is 0 Å². The fourth-order valence-corrected chi connectivity index (χ4v) is 3.11. The standard InChI is InChI=1S/C20H22N2O4S/c1-14-7-4-5-8-18(14)25-9-6-10-27-20-22-21-19(26-20)15-11-16(23-2)13-17(12-15)24-3/h4-5,7-8,11-13H,6,9-10H2,1-3H3. The summed E-state index contributed by atoms with van der Waals surface area (Å²) in [4.78, 5) is 0. The van der Waals surface area contributed by atoms with Gasteiger partial charge in [0.2, 0.25) is 5.89 Å². The van der Waals surface area contributed by atoms with Crippen molar-refractivity contribution in [3.63, 3.8) is 0 Å². The second kappa shape index (κ2) is 9.32. The number of aromatic nitrogens is 2. The first-order chi connectivity index (χ1) is 13.2. The summed E-state index contributed by atoms with van der Waals surface area (Å²) >= 11 is 1.51. The van der Waals surface area contributed by atoms with Crippen molar-refractivity contribution in [2.24, 2.45) is 0 Å². The molecule has 0 radical (unpaired) electrons. The molecule has 0 saturated carbocycles. The van der Waals surface area contributed by atoms with Gasteiger partial charge >= 0.3 is 0 Å². The molecule has 0 bridgehead atoms. The van der Waals surface area contributed by atoms with Crippen LogP contribution in [-0.2, 0) is 0 Å². The van der Waals surface area contributed by atoms with Crippen LogP contribution in [0.4, 0.5) is 0 Å². The third-order valence-corrected chi connectivity index (χ3v) is 4.77. The van der Waals surface area contributed by atoms with Crippen LogP contribution in [0.2, 0.25) is 0 Å². The Morgan fingerprint density at radius 1 is 1.00 bits per heavy atom. The molecule has 0 N–H and O–H groups in total. The van der Waals surface area contributed by atoms with Crippen molar-refractivity contribution < 1.29 is 18.6 Å². The maximum Gasteiger partial charge on any atom is 0.276 e. The Bertz CT molecular complexity index is 860. The Kier molecular flexibility index (Phi) is 6.59. The lowest BCUT2D eigenvalue weighted by atomic mass is 10.2. The van der Waals surface area contributed by atoms with Gasteiger partial charge in [-0.15, -0.1) is 10.2 Å². The summed E-state index contributed by atoms with van der Waals surface area (Å²) in [6.45, 7) is 2.68. The highest BCUT2D eigenvalue weighted by molar-refractivity contribution is 7.99. The van der Waals surface area contributed by atoms with Gasteiger partial charge in [0.05, 0.1) is 20.8 Å². The number of para-hydroxylation sites is 1. The van der Waals surface area contributed by atoms with E-state index in [2.05, 4.69) is 10.2 Å². The molecule has 0 saturated heterocycles. The quantitative estimate of drug-likeness (QED) is 0.392. The van der Waals surface area contributed by atoms with Crippen LogP contribution in [0.15, 0.2) is 52.1 Å². The molecule has 1 aromatic heterocycles. The van der Waals surface area contributed by atoms with Gasteiger partial charge in [-0.2, -0.15) is 0 Å². The van der Waals surface area contributed by atoms with Gasteiger partial charge in [-0.25, -0.2) is 0 Å². The first kappa shape index (κ1) is 19.1. The molecule has 0 aliphatic rings. The van der Waals surface area contributed by atoms with Crippen molar-refractivity contribution in [3.05, 3.63) is 48.0 Å². The minimum Gasteiger partial charge on any atom is -0.497 e. The highest BCUT2D eigenvalue weighted by atomic mass is 32.2. The van der Waals surface area contributed by atoms with Gasteiger partial charge in [0.25, 0.3) is 5.22 Å². The van der Waals surface area contributed by atoms with Crippen LogP contribution in [0.1, 0.15) is 12.0 Å². The molecule has 6 nitrogen and oxygen atoms in total. The topological polar surface area (TPSA) is 66.6 Å². The number of aryl methyl sites for hydroxylation is 1. The molecule has 0 amide bonds. The molecule has 0 atom stereocenters. The van der Waals surface area contributed by atoms with Crippen LogP contribution in [-0.4, -0.2) is 36.8 Å². The van der Waals surface area contributed by atoms with Crippen LogP contribution in [0, 0.1) is 6.92 Å². The van der Waals surface area contributed by atoms with Crippen molar-refractivity contribution in [3.8, 4) is 28.7 Å². The van der Waals surface area contributed by atoms with Crippen LogP contribution in [0.25, 0.3) is 11.5 Å². The van der Waals surface area contributed by atoms with E-state index in [0.29, 0.717) is 29.2 Å². The van der Waals surface area contributed by atoms with Gasteiger partial charge in [-0.1, -0.05) is 30.0 Å². The summed E-state index contributed by atoms with van der Waals surface area (Å²) in [7, 11) is 3.21. The highest BCUT2D eigenvalue weighted by Crippen LogP contribution is 2.30. The molecule has 3 rings (SSSR count). The van der Waals surface area contributed by atoms with Crippen molar-refractivity contribution in [2.75, 3.05) is 26.6 Å². The lowest BCUT2D eigenvalue weighted by Crippen LogP contribution is -1.99. The minimum atomic E-state index is 0.436. The first-order valence-electron chi connectivity index (χ1n) is 8.58. The Morgan fingerprint density at radius 2 is 1.74 bits per heavy atom. The third kappa shape index (κ3) is 5.17. The number of nitrogens with zero attached hydrogens (tertiary/aromatic N) is 2. The smallest absolute Gasteiger partial charge is 0.276 e. The Balaban J connectivity index is 1.52. The number of ether oxygens (including phenoxy) is 3. The number of rotatable bonds is 9. The van der Waals surface area contributed by atoms with Crippen LogP contribution in [0.5, 0.6) is 17.2 Å². The molecule has 0 fully saturated rings. The van der Waals surface area contributed by atoms with Gasteiger partial charge < -0.3 is 18.6 Å². The van der Waals surface area contributed by atoms with Crippen molar-refractivity contribution in [1.82, 2.24) is 10.2 Å². The predicted octanol–water partition coefficient (Wildman–Crippen LogP) is 4.62. The van der Waals surface area contributed by atoms with E-state index in [-0.39, 0.29) is 0 Å². The summed E-state index contributed by atoms with van der Waals surface area (Å²) in [5.74, 6) is 3.53. The van der Waals surface area contributed by atoms with E-state index in [9.17, 15) is 0 Å². The summed E-state index contributed by atoms with van der Waals surface area (Å²) < 4.78 is 22.1. The fraction of sp³-hybridized carbons (Fsp3) is 0.300. The molecule has 142 valence electrons. The van der Waals surface area contributed by atoms with E-state index in [4.69, 9.17) is 18.6 Å². The normalized spacial score (nSPS) is 10.6. The molecule has 0 aliphatic carbocycles. The zero-order valence-corrected chi connectivity index (χ0v) is 16.4. The molecular weight excluding hydrogens is 364 g/mol. The van der Waals surface area contributed by atoms with Crippen LogP contribution >= 0.6 is 11.8 Å². The van der Waals surface area contributed by atoms with Gasteiger partial charge in [-0.3, -0.25) is 0 Å². The summed E-state index contributed by atoms with van der Waals surface area (Å²) in [6, 6.07) is 13.5. The average molecular weight is 386 g/mol. The second-order valence-electron chi connectivity index (χ2n) is 5.79. The first-order valence-corrected chi connectivity index (χ1v) is 9.56. The lowest BCUT2D eigenvalue weighted by Gasteiger charge is -2.07. The average Bonchev–Trinajstić information content (AvgIpc) is 3.17. The second-order valence-corrected chi connectivity index (χ2v) is 6.84. The van der Waals surface area contributed by atoms with E-state index in [0.717, 1.165) is 29.1 Å². The van der Waals surface area contributed by atoms with Gasteiger partial charge in [-0.05, 0) is 37.1 Å². The van der Waals surface area contributed by atoms with E-state index in [1.807, 2.05) is 43.3 Å². The fourth-order valence-electron chi connectivity index (χ4n) is 2.43. The Morgan fingerprint density at radius 3 is 2.44 bits per heavy atom. The van der Waals surface area contributed by atoms with Gasteiger partial charge in [0.15, 0.2) is 0 Å². The number of methoxy groups -OCH3 is 2. The minimum absolute atomic E-state index is 0.436. The summed E-state index contributed by atoms with van der Waals surface area (Å²) in [5.41, 5.74) is 1.90. The highest BCUT2D eigenvalue weighted by Gasteiger charge is 2.12. The lowest BCUT2D eigenvalue weighted by molar-refractivity contribution is 0.316. The molecule has 2 aromatic carbocycles. The van der Waals surface area contributed by atoms with E-state index in [1.165, 1.54) is 11.8 Å². The number of hydrogen-bond acceptors (Lipinski definition) is 7. The van der Waals surface area contributed by atoms with E-state index >= 15 is 0 Å². The van der Waals surface area contributed by atoms with Gasteiger partial charge in [0, 0.05) is 17.4 Å². The van der Waals surface area contributed by atoms with Crippen molar-refractivity contribution >= 4 is 11.8 Å². The monoisotopic (exact) mass is 386 g/mol. The zero-order chi connectivity index (χ0) is 19.1. The summed E-state index contributed by atoms with van der Waals surface area (Å²) in [6.07, 6.45) is 0.879. The molecule has 1 heterocycles. The van der Waals surface area contributed by atoms with E-state index in [1.54, 1.807) is 20.3 Å². The van der Waals surface area contributed by atoms with Crippen LogP contribution < -0.4 is 14.2 Å². The van der Waals surface area contributed by atoms with Crippen molar-refractivity contribution in [2.45, 2.75) is 18.6 Å². The molecule has 0 spiro atoms. The summed E-state index contributed by atoms with van der Waals surface area (Å²) in [5, 5.41) is 8.74. The molecule has 7 heteroatoms. The predicted molar refractivity (Wildman–Crippen MR) is 105 cm³/mol. The molecule has 0 unspecified atom stereocenters. The number of thioether (sulfide) groups is 1. The zero-order valence-electron chi connectivity index (χ0n) is 15.6. The maximum absolute atomic E-state index is 5.79. The van der Waals surface area contributed by atoms with Crippen LogP contribution in [0.3, 0.4) is 0 Å². The largest absolute Gasteiger partial charge is 0.497 e. The molecule has 3 aromatic rings. The molecular formula is C20H22N2O4S. The number of benzene rings is 2. The maximum atomic E-state index is 5.79. The SMILES string of the molecule is COc1cc(OC)cc(-c2nnc(SCCCOc3ccccc3C)o2)c1. The Labute approximate surface area is 162 Å². The van der Waals surface area contributed by atoms with E-state index < -0.39 is 0 Å². The molecule has 0 aliphatic heterocycles. The number of hydrogen-bond donors (Lipinski definition) is 0.